The van der Waals surface area contributed by atoms with E-state index < -0.39 is 0 Å². The molecule has 0 N–H and O–H groups in total. The number of carbonyl (C=O) groups is 1. The second-order valence-corrected chi connectivity index (χ2v) is 5.06. The van der Waals surface area contributed by atoms with E-state index in [2.05, 4.69) is 11.2 Å². The Labute approximate surface area is 122 Å². The first-order valence-corrected chi connectivity index (χ1v) is 7.18. The summed E-state index contributed by atoms with van der Waals surface area (Å²) >= 11 is 0. The number of nitrogens with zero attached hydrogens (tertiary/aromatic N) is 3. The number of aromatic nitrogens is 2. The third kappa shape index (κ3) is 2.46. The Morgan fingerprint density at radius 2 is 2.05 bits per heavy atom. The van der Waals surface area contributed by atoms with Gasteiger partial charge in [-0.3, -0.25) is 9.59 Å². The minimum atomic E-state index is -0.187. The summed E-state index contributed by atoms with van der Waals surface area (Å²) in [5.41, 5.74) is 2.26. The van der Waals surface area contributed by atoms with E-state index in [0.29, 0.717) is 18.8 Å². The van der Waals surface area contributed by atoms with Crippen LogP contribution in [0, 0.1) is 0 Å². The van der Waals surface area contributed by atoms with Crippen molar-refractivity contribution in [2.45, 2.75) is 26.3 Å². The lowest BCUT2D eigenvalue weighted by Crippen LogP contribution is -2.37. The molecule has 5 heteroatoms. The van der Waals surface area contributed by atoms with Crippen LogP contribution in [-0.4, -0.2) is 22.2 Å². The lowest BCUT2D eigenvalue weighted by atomic mass is 10.0. The third-order valence-electron chi connectivity index (χ3n) is 3.74. The van der Waals surface area contributed by atoms with E-state index in [4.69, 9.17) is 0 Å². The molecule has 1 aromatic heterocycles. The van der Waals surface area contributed by atoms with Gasteiger partial charge < -0.3 is 4.90 Å². The highest BCUT2D eigenvalue weighted by Crippen LogP contribution is 2.27. The number of carbonyl (C=O) groups excluding carboxylic acids is 1. The fourth-order valence-corrected chi connectivity index (χ4v) is 2.67. The maximum atomic E-state index is 12.7. The first kappa shape index (κ1) is 13.5. The van der Waals surface area contributed by atoms with E-state index in [1.54, 1.807) is 4.90 Å². The first-order chi connectivity index (χ1) is 10.2. The van der Waals surface area contributed by atoms with Crippen molar-refractivity contribution < 1.29 is 4.79 Å². The van der Waals surface area contributed by atoms with Crippen LogP contribution in [0.15, 0.2) is 41.2 Å². The van der Waals surface area contributed by atoms with E-state index >= 15 is 0 Å². The summed E-state index contributed by atoms with van der Waals surface area (Å²) in [6.45, 7) is 2.97. The zero-order valence-corrected chi connectivity index (χ0v) is 12.0. The van der Waals surface area contributed by atoms with Crippen molar-refractivity contribution in [3.63, 3.8) is 0 Å². The second kappa shape index (κ2) is 5.52. The summed E-state index contributed by atoms with van der Waals surface area (Å²) in [6.07, 6.45) is 1.93. The van der Waals surface area contributed by atoms with Crippen molar-refractivity contribution in [3.05, 3.63) is 58.0 Å². The number of para-hydroxylation sites is 1. The summed E-state index contributed by atoms with van der Waals surface area (Å²) in [4.78, 5) is 26.0. The molecule has 0 unspecified atom stereocenters. The number of hydrogen-bond donors (Lipinski definition) is 0. The van der Waals surface area contributed by atoms with Crippen LogP contribution in [0.3, 0.4) is 0 Å². The SMILES string of the molecule is CCn1nc(C(=O)N2CCCc3ccccc32)ccc1=O. The Hall–Kier alpha value is -2.43. The van der Waals surface area contributed by atoms with Crippen molar-refractivity contribution >= 4 is 11.6 Å². The molecule has 1 aromatic carbocycles. The van der Waals surface area contributed by atoms with Crippen LogP contribution in [-0.2, 0) is 13.0 Å². The molecule has 0 saturated heterocycles. The van der Waals surface area contributed by atoms with Crippen LogP contribution in [0.5, 0.6) is 0 Å². The van der Waals surface area contributed by atoms with E-state index in [1.807, 2.05) is 25.1 Å². The summed E-state index contributed by atoms with van der Waals surface area (Å²) in [5, 5.41) is 4.15. The number of fused-ring (bicyclic) bond motifs is 1. The number of anilines is 1. The Morgan fingerprint density at radius 3 is 2.86 bits per heavy atom. The van der Waals surface area contributed by atoms with E-state index in [9.17, 15) is 9.59 Å². The zero-order valence-electron chi connectivity index (χ0n) is 12.0. The average molecular weight is 283 g/mol. The van der Waals surface area contributed by atoms with Gasteiger partial charge in [0.05, 0.1) is 0 Å². The highest BCUT2D eigenvalue weighted by molar-refractivity contribution is 6.05. The Kier molecular flexibility index (Phi) is 3.56. The predicted molar refractivity (Wildman–Crippen MR) is 80.6 cm³/mol. The smallest absolute Gasteiger partial charge is 0.278 e. The number of rotatable bonds is 2. The lowest BCUT2D eigenvalue weighted by Gasteiger charge is -2.29. The minimum absolute atomic E-state index is 0.149. The van der Waals surface area contributed by atoms with Gasteiger partial charge in [-0.2, -0.15) is 5.10 Å². The van der Waals surface area contributed by atoms with Crippen molar-refractivity contribution in [2.75, 3.05) is 11.4 Å². The maximum Gasteiger partial charge on any atom is 0.278 e. The zero-order chi connectivity index (χ0) is 14.8. The van der Waals surface area contributed by atoms with Crippen molar-refractivity contribution in [1.29, 1.82) is 0 Å². The molecule has 108 valence electrons. The molecule has 3 rings (SSSR count). The standard InChI is InChI=1S/C16H17N3O2/c1-2-19-15(20)10-9-13(17-19)16(21)18-11-5-7-12-6-3-4-8-14(12)18/h3-4,6,8-10H,2,5,7,11H2,1H3. The molecule has 2 heterocycles. The van der Waals surface area contributed by atoms with E-state index in [-0.39, 0.29) is 11.5 Å². The van der Waals surface area contributed by atoms with Gasteiger partial charge in [0.1, 0.15) is 5.69 Å². The van der Waals surface area contributed by atoms with Gasteiger partial charge in [0.2, 0.25) is 0 Å². The van der Waals surface area contributed by atoms with Gasteiger partial charge >= 0.3 is 0 Å². The molecule has 0 radical (unpaired) electrons. The fourth-order valence-electron chi connectivity index (χ4n) is 2.67. The van der Waals surface area contributed by atoms with Gasteiger partial charge in [-0.15, -0.1) is 0 Å². The summed E-state index contributed by atoms with van der Waals surface area (Å²) in [6, 6.07) is 10.8. The number of benzene rings is 1. The molecule has 21 heavy (non-hydrogen) atoms. The van der Waals surface area contributed by atoms with Gasteiger partial charge in [0.25, 0.3) is 11.5 Å². The molecule has 0 saturated carbocycles. The van der Waals surface area contributed by atoms with Crippen LogP contribution >= 0.6 is 0 Å². The molecule has 1 amide bonds. The van der Waals surface area contributed by atoms with Gasteiger partial charge in [-0.25, -0.2) is 4.68 Å². The Morgan fingerprint density at radius 1 is 1.24 bits per heavy atom. The quantitative estimate of drug-likeness (QED) is 0.845. The monoisotopic (exact) mass is 283 g/mol. The van der Waals surface area contributed by atoms with Crippen LogP contribution in [0.2, 0.25) is 0 Å². The lowest BCUT2D eigenvalue weighted by molar-refractivity contribution is 0.0978. The first-order valence-electron chi connectivity index (χ1n) is 7.18. The summed E-state index contributed by atoms with van der Waals surface area (Å²) in [7, 11) is 0. The van der Waals surface area contributed by atoms with Crippen LogP contribution < -0.4 is 10.5 Å². The van der Waals surface area contributed by atoms with E-state index in [0.717, 1.165) is 18.5 Å². The van der Waals surface area contributed by atoms with Gasteiger partial charge in [0, 0.05) is 24.8 Å². The van der Waals surface area contributed by atoms with Crippen molar-refractivity contribution in [2.24, 2.45) is 0 Å². The van der Waals surface area contributed by atoms with Crippen molar-refractivity contribution in [1.82, 2.24) is 9.78 Å². The molecule has 2 aromatic rings. The number of amides is 1. The highest BCUT2D eigenvalue weighted by Gasteiger charge is 2.24. The fraction of sp³-hybridized carbons (Fsp3) is 0.312. The third-order valence-corrected chi connectivity index (χ3v) is 3.74. The Bertz CT molecular complexity index is 736. The Balaban J connectivity index is 1.98. The van der Waals surface area contributed by atoms with Gasteiger partial charge in [-0.1, -0.05) is 18.2 Å². The van der Waals surface area contributed by atoms with Crippen LogP contribution in [0.1, 0.15) is 29.4 Å². The minimum Gasteiger partial charge on any atom is -0.307 e. The van der Waals surface area contributed by atoms with Gasteiger partial charge in [0.15, 0.2) is 0 Å². The summed E-state index contributed by atoms with van der Waals surface area (Å²) in [5.74, 6) is -0.149. The molecule has 0 aliphatic carbocycles. The molecular weight excluding hydrogens is 266 g/mol. The maximum absolute atomic E-state index is 12.7. The number of aryl methyl sites for hydroxylation is 2. The normalized spacial score (nSPS) is 13.9. The molecule has 0 atom stereocenters. The number of hydrogen-bond acceptors (Lipinski definition) is 3. The molecule has 5 nitrogen and oxygen atoms in total. The second-order valence-electron chi connectivity index (χ2n) is 5.06. The van der Waals surface area contributed by atoms with Crippen molar-refractivity contribution in [3.8, 4) is 0 Å². The molecule has 1 aliphatic rings. The molecular formula is C16H17N3O2. The molecule has 1 aliphatic heterocycles. The summed E-state index contributed by atoms with van der Waals surface area (Å²) < 4.78 is 1.31. The molecule has 0 fully saturated rings. The topological polar surface area (TPSA) is 55.2 Å². The van der Waals surface area contributed by atoms with E-state index in [1.165, 1.54) is 22.4 Å². The largest absolute Gasteiger partial charge is 0.307 e. The van der Waals surface area contributed by atoms with Gasteiger partial charge in [-0.05, 0) is 37.5 Å². The van der Waals surface area contributed by atoms with Crippen LogP contribution in [0.25, 0.3) is 0 Å². The predicted octanol–water partition coefficient (Wildman–Crippen LogP) is 1.86. The molecule has 0 bridgehead atoms. The van der Waals surface area contributed by atoms with Crippen LogP contribution in [0.4, 0.5) is 5.69 Å². The molecule has 0 spiro atoms. The average Bonchev–Trinajstić information content (AvgIpc) is 2.54. The highest BCUT2D eigenvalue weighted by atomic mass is 16.2.